The molecule has 0 amide bonds. The van der Waals surface area contributed by atoms with Gasteiger partial charge in [-0.15, -0.1) is 0 Å². The van der Waals surface area contributed by atoms with Crippen LogP contribution in [0, 0.1) is 13.1 Å². The van der Waals surface area contributed by atoms with E-state index in [2.05, 4.69) is 23.1 Å². The van der Waals surface area contributed by atoms with Crippen molar-refractivity contribution in [3.8, 4) is 13.1 Å². The SMILES string of the molecule is C#[N+]N[N+]#C. The average molecular weight is 69.1 g/mol. The molecule has 0 aliphatic rings. The molecule has 5 heavy (non-hydrogen) atoms. The fraction of sp³-hybridized carbons (Fsp3) is 0. The smallest absolute Gasteiger partial charge is 0.153 e. The Hall–Kier alpha value is -1.22. The molecule has 0 aromatic carbocycles. The van der Waals surface area contributed by atoms with E-state index in [9.17, 15) is 0 Å². The van der Waals surface area contributed by atoms with Gasteiger partial charge < -0.3 is 0 Å². The Kier molecular flexibility index (Phi) is 2.10. The fourth-order valence-corrected chi connectivity index (χ4v) is 0.0333. The van der Waals surface area contributed by atoms with E-state index in [1.807, 2.05) is 5.53 Å². The standard InChI is InChI=1S/C2H3N3/c1-3-5-4-2/h1-2,5H/q+2. The Morgan fingerprint density at radius 2 is 1.60 bits per heavy atom. The maximum Gasteiger partial charge on any atom is 0.312 e. The molecule has 0 radical (unpaired) electrons. The van der Waals surface area contributed by atoms with Crippen molar-refractivity contribution in [2.45, 2.75) is 0 Å². The van der Waals surface area contributed by atoms with E-state index >= 15 is 0 Å². The third kappa shape index (κ3) is 2.78. The first-order valence-corrected chi connectivity index (χ1v) is 0.964. The van der Waals surface area contributed by atoms with E-state index in [0.717, 1.165) is 0 Å². The minimum atomic E-state index is 1.92. The molecule has 0 spiro atoms. The molecule has 24 valence electrons. The zero-order chi connectivity index (χ0) is 4.12. The van der Waals surface area contributed by atoms with Crippen LogP contribution in [0.3, 0.4) is 0 Å². The van der Waals surface area contributed by atoms with Crippen LogP contribution in [0.5, 0.6) is 0 Å². The maximum atomic E-state index is 4.48. The molecular weight excluding hydrogens is 66.0 g/mol. The first kappa shape index (κ1) is 3.78. The van der Waals surface area contributed by atoms with E-state index in [1.165, 1.54) is 0 Å². The van der Waals surface area contributed by atoms with Gasteiger partial charge in [0.25, 0.3) is 5.53 Å². The van der Waals surface area contributed by atoms with Gasteiger partial charge in [0.15, 0.2) is 9.91 Å². The normalized spacial score (nSPS) is 3.60. The molecule has 0 atom stereocenters. The summed E-state index contributed by atoms with van der Waals surface area (Å²) in [5.74, 6) is 0. The van der Waals surface area contributed by atoms with Gasteiger partial charge in [0.05, 0.1) is 0 Å². The Labute approximate surface area is 29.8 Å². The molecule has 0 aromatic heterocycles. The van der Waals surface area contributed by atoms with Crippen LogP contribution in [0.1, 0.15) is 0 Å². The van der Waals surface area contributed by atoms with E-state index in [0.29, 0.717) is 0 Å². The summed E-state index contributed by atoms with van der Waals surface area (Å²) in [6.45, 7) is 8.96. The van der Waals surface area contributed by atoms with Crippen molar-refractivity contribution < 1.29 is 0 Å². The van der Waals surface area contributed by atoms with Crippen molar-refractivity contribution in [2.24, 2.45) is 0 Å². The highest BCUT2D eigenvalue weighted by Gasteiger charge is 1.75. The summed E-state index contributed by atoms with van der Waals surface area (Å²) < 4.78 is 0. The number of hydrogen-bond donors (Lipinski definition) is 1. The summed E-state index contributed by atoms with van der Waals surface area (Å²) in [4.78, 5) is 5.62. The molecule has 0 aliphatic heterocycles. The Balaban J connectivity index is 2.86. The summed E-state index contributed by atoms with van der Waals surface area (Å²) in [7, 11) is 0. The number of hydrogen-bond acceptors (Lipinski definition) is 1. The van der Waals surface area contributed by atoms with Gasteiger partial charge in [-0.25, -0.2) is 0 Å². The first-order valence-electron chi connectivity index (χ1n) is 0.964. The molecule has 0 saturated carbocycles. The second-order valence-electron chi connectivity index (χ2n) is 0.358. The molecule has 0 saturated heterocycles. The first-order chi connectivity index (χ1) is 2.41. The van der Waals surface area contributed by atoms with E-state index < -0.39 is 0 Å². The van der Waals surface area contributed by atoms with Gasteiger partial charge in [0, 0.05) is 0 Å². The monoisotopic (exact) mass is 69.0 g/mol. The lowest BCUT2D eigenvalue weighted by Crippen LogP contribution is -1.77. The molecular formula is C2H3N3+2. The number of nitrogens with zero attached hydrogens (tertiary/aromatic N) is 2. The van der Waals surface area contributed by atoms with Crippen LogP contribution in [0.4, 0.5) is 0 Å². The lowest BCUT2D eigenvalue weighted by molar-refractivity contribution is 1.19. The summed E-state index contributed by atoms with van der Waals surface area (Å²) >= 11 is 0. The third-order valence-electron chi connectivity index (χ3n) is 0.115. The van der Waals surface area contributed by atoms with Gasteiger partial charge in [-0.05, 0) is 0 Å². The molecule has 0 unspecified atom stereocenters. The average Bonchev–Trinajstić information content (AvgIpc) is 1.41. The molecule has 1 N–H and O–H groups in total. The lowest BCUT2D eigenvalue weighted by Gasteiger charge is -1.31. The van der Waals surface area contributed by atoms with Crippen molar-refractivity contribution in [3.63, 3.8) is 0 Å². The van der Waals surface area contributed by atoms with E-state index in [4.69, 9.17) is 0 Å². The van der Waals surface area contributed by atoms with Crippen LogP contribution in [0.15, 0.2) is 0 Å². The van der Waals surface area contributed by atoms with E-state index in [1.54, 1.807) is 0 Å². The Morgan fingerprint density at radius 1 is 1.20 bits per heavy atom. The van der Waals surface area contributed by atoms with Crippen molar-refractivity contribution in [1.82, 2.24) is 5.53 Å². The van der Waals surface area contributed by atoms with Crippen LogP contribution >= 0.6 is 0 Å². The fourth-order valence-electron chi connectivity index (χ4n) is 0.0333. The molecule has 3 heteroatoms. The summed E-state index contributed by atoms with van der Waals surface area (Å²) in [5, 5.41) is 0. The third-order valence-corrected chi connectivity index (χ3v) is 0.115. The van der Waals surface area contributed by atoms with Crippen LogP contribution in [-0.2, 0) is 0 Å². The van der Waals surface area contributed by atoms with Gasteiger partial charge in [-0.2, -0.15) is 0 Å². The van der Waals surface area contributed by atoms with Crippen LogP contribution < -0.4 is 5.53 Å². The van der Waals surface area contributed by atoms with Crippen molar-refractivity contribution in [1.29, 1.82) is 0 Å². The molecule has 0 fully saturated rings. The minimum Gasteiger partial charge on any atom is 0.153 e. The highest BCUT2D eigenvalue weighted by Crippen LogP contribution is 1.45. The molecule has 3 nitrogen and oxygen atoms in total. The predicted octanol–water partition coefficient (Wildman–Crippen LogP) is 0.331. The Morgan fingerprint density at radius 3 is 1.60 bits per heavy atom. The highest BCUT2D eigenvalue weighted by molar-refractivity contribution is 4.63. The van der Waals surface area contributed by atoms with Crippen molar-refractivity contribution in [3.05, 3.63) is 9.91 Å². The van der Waals surface area contributed by atoms with Gasteiger partial charge in [0.2, 0.25) is 0 Å². The summed E-state index contributed by atoms with van der Waals surface area (Å²) in [6, 6.07) is 0. The zero-order valence-electron chi connectivity index (χ0n) is 2.55. The van der Waals surface area contributed by atoms with Gasteiger partial charge in [0.1, 0.15) is 0 Å². The van der Waals surface area contributed by atoms with Crippen molar-refractivity contribution in [2.75, 3.05) is 0 Å². The summed E-state index contributed by atoms with van der Waals surface area (Å²) in [6.07, 6.45) is 0. The second-order valence-corrected chi connectivity index (χ2v) is 0.358. The maximum absolute atomic E-state index is 4.48. The second kappa shape index (κ2) is 2.78. The van der Waals surface area contributed by atoms with Crippen LogP contribution in [-0.4, -0.2) is 0 Å². The van der Waals surface area contributed by atoms with Gasteiger partial charge in [-0.1, -0.05) is 0 Å². The molecule has 0 heterocycles. The van der Waals surface area contributed by atoms with Gasteiger partial charge >= 0.3 is 13.1 Å². The molecule has 0 rings (SSSR count). The Bertz CT molecular complexity index is 70.0. The van der Waals surface area contributed by atoms with E-state index in [-0.39, 0.29) is 0 Å². The van der Waals surface area contributed by atoms with Crippen molar-refractivity contribution >= 4 is 0 Å². The minimum absolute atomic E-state index is 1.92. The topological polar surface area (TPSA) is 20.8 Å². The highest BCUT2D eigenvalue weighted by atomic mass is 15.5. The zero-order valence-corrected chi connectivity index (χ0v) is 2.55. The van der Waals surface area contributed by atoms with Crippen LogP contribution in [0.25, 0.3) is 9.91 Å². The largest absolute Gasteiger partial charge is 0.312 e. The molecule has 0 aromatic rings. The van der Waals surface area contributed by atoms with Crippen LogP contribution in [0.2, 0.25) is 0 Å². The lowest BCUT2D eigenvalue weighted by atomic mass is 11.8. The predicted molar refractivity (Wildman–Crippen MR) is 19.7 cm³/mol. The van der Waals surface area contributed by atoms with Gasteiger partial charge in [-0.3, -0.25) is 0 Å². The quantitative estimate of drug-likeness (QED) is 0.406. The molecule has 0 bridgehead atoms. The summed E-state index contributed by atoms with van der Waals surface area (Å²) in [5.41, 5.74) is 1.92. The number of nitrogens with one attached hydrogen (secondary N) is 1. The number of rotatable bonds is 0. The molecule has 0 aliphatic carbocycles.